The number of nitrogens with zero attached hydrogens (tertiary/aromatic N) is 11. The van der Waals surface area contributed by atoms with E-state index in [2.05, 4.69) is 58.3 Å². The molecule has 3 aliphatic rings. The highest BCUT2D eigenvalue weighted by molar-refractivity contribution is 7.65. The first-order valence-electron chi connectivity index (χ1n) is 21.4. The highest BCUT2D eigenvalue weighted by Gasteiger charge is 2.51. The van der Waals surface area contributed by atoms with E-state index >= 15 is 0 Å². The zero-order valence-electron chi connectivity index (χ0n) is 38.3. The van der Waals surface area contributed by atoms with Crippen LogP contribution in [0.5, 0.6) is 0 Å². The quantitative estimate of drug-likeness (QED) is 0.0260. The number of phosphoric ester groups is 3. The lowest BCUT2D eigenvalue weighted by Crippen LogP contribution is -2.46. The number of nitrogens with one attached hydrogen (secondary N) is 2. The summed E-state index contributed by atoms with van der Waals surface area (Å²) < 4.78 is 107. The van der Waals surface area contributed by atoms with Crippen LogP contribution >= 0.6 is 31.3 Å². The number of ether oxygens (including phenoxy) is 4. The monoisotopic (exact) mass is 1140 g/mol. The number of aliphatic hydroxyl groups is 4. The van der Waals surface area contributed by atoms with Crippen molar-refractivity contribution in [1.82, 2.24) is 53.6 Å². The van der Waals surface area contributed by atoms with E-state index in [0.717, 1.165) is 24.3 Å². The fraction of sp³-hybridized carbons (Fsp3) is 0.545. The lowest BCUT2D eigenvalue weighted by Gasteiger charge is -2.35. The number of anilines is 3. The Morgan fingerprint density at radius 1 is 0.733 bits per heavy atom. The maximum atomic E-state index is 13.6. The standard InChI is InChI=1S/C33H45N15O23P4/c1-36-25-16-27(40-8-38-25)47(10-42-16)32-23(62-3)22(69-72(54,55)63-4-12-18(49)20(51)30(66-12)46-9-41-15-24(34)37-7-39-26(15)46)14(68-32)6-65-74(58,59)71-75(60,61)70-73(56,57)64-5-13-19(50)21(52)31(67-13)48-11-45(2)17-28(48)43-33(35)44-29(17)53/h7-14,18-23,30-32,49-52H,4-6H2,1-3H3,(H9-,34,35,36,37,38,39,40,43,44,53,54,55,56,57,58,59,60,61)/p-3/t12-,13-,14-,18+,19+,20?,21?,22+,23?,30-,31-,32-/m1/s1. The molecule has 75 heavy (non-hydrogen) atoms. The van der Waals surface area contributed by atoms with Gasteiger partial charge >= 0.3 is 5.65 Å². The lowest BCUT2D eigenvalue weighted by molar-refractivity contribution is -0.745. The molecule has 9 rings (SSSR count). The van der Waals surface area contributed by atoms with Crippen molar-refractivity contribution in [3.05, 3.63) is 42.0 Å². The van der Waals surface area contributed by atoms with Gasteiger partial charge in [-0.15, -0.1) is 0 Å². The number of imidazole rings is 3. The molecule has 410 valence electrons. The Kier molecular flexibility index (Phi) is 15.2. The average Bonchev–Trinajstić information content (AvgIpc) is 4.19. The second kappa shape index (κ2) is 20.8. The Hall–Kier alpha value is -4.95. The first kappa shape index (κ1) is 54.8. The van der Waals surface area contributed by atoms with Gasteiger partial charge in [-0.05, 0) is 0 Å². The third-order valence-corrected chi connectivity index (χ3v) is 16.8. The van der Waals surface area contributed by atoms with Gasteiger partial charge in [-0.3, -0.25) is 41.7 Å². The lowest BCUT2D eigenvalue weighted by atomic mass is 10.1. The summed E-state index contributed by atoms with van der Waals surface area (Å²) in [5, 5.41) is 45.9. The molecule has 7 unspecified atom stereocenters. The van der Waals surface area contributed by atoms with Crippen molar-refractivity contribution < 1.29 is 108 Å². The molecule has 3 saturated heterocycles. The van der Waals surface area contributed by atoms with Gasteiger partial charge in [-0.1, -0.05) is 4.98 Å². The number of aromatic amines is 1. The van der Waals surface area contributed by atoms with Crippen LogP contribution in [0, 0.1) is 0 Å². The van der Waals surface area contributed by atoms with Crippen LogP contribution in [0.3, 0.4) is 0 Å². The van der Waals surface area contributed by atoms with Gasteiger partial charge in [0.05, 0.1) is 39.5 Å². The number of H-pyrrole nitrogens is 1. The van der Waals surface area contributed by atoms with Crippen LogP contribution in [-0.4, -0.2) is 163 Å². The van der Waals surface area contributed by atoms with E-state index in [1.807, 2.05) is 0 Å². The van der Waals surface area contributed by atoms with Crippen molar-refractivity contribution in [2.24, 2.45) is 7.05 Å². The van der Waals surface area contributed by atoms with Crippen LogP contribution in [0.15, 0.2) is 36.4 Å². The number of aryl methyl sites for hydroxylation is 1. The summed E-state index contributed by atoms with van der Waals surface area (Å²) in [6.07, 6.45) is -14.6. The van der Waals surface area contributed by atoms with Crippen molar-refractivity contribution in [2.45, 2.75) is 73.6 Å². The Bertz CT molecular complexity index is 3370. The minimum absolute atomic E-state index is 0.0101. The zero-order valence-corrected chi connectivity index (χ0v) is 41.9. The van der Waals surface area contributed by atoms with Gasteiger partial charge < -0.3 is 93.8 Å². The van der Waals surface area contributed by atoms with E-state index in [9.17, 15) is 63.1 Å². The summed E-state index contributed by atoms with van der Waals surface area (Å²) >= 11 is 0. The van der Waals surface area contributed by atoms with E-state index in [4.69, 9.17) is 44.0 Å². The second-order valence-electron chi connectivity index (χ2n) is 16.4. The van der Waals surface area contributed by atoms with E-state index in [1.54, 1.807) is 0 Å². The highest BCUT2D eigenvalue weighted by atomic mass is 31.3. The minimum Gasteiger partial charge on any atom is -0.756 e. The smallest absolute Gasteiger partial charge is 0.313 e. The number of aliphatic hydroxyl groups excluding tert-OH is 4. The van der Waals surface area contributed by atoms with Gasteiger partial charge in [0.2, 0.25) is 11.7 Å². The van der Waals surface area contributed by atoms with E-state index in [0.29, 0.717) is 0 Å². The zero-order chi connectivity index (χ0) is 54.1. The van der Waals surface area contributed by atoms with Gasteiger partial charge in [0.25, 0.3) is 42.8 Å². The van der Waals surface area contributed by atoms with Crippen LogP contribution in [0.1, 0.15) is 18.7 Å². The van der Waals surface area contributed by atoms with Crippen molar-refractivity contribution in [3.63, 3.8) is 0 Å². The maximum Gasteiger partial charge on any atom is 0.313 e. The first-order valence-corrected chi connectivity index (χ1v) is 27.2. The highest BCUT2D eigenvalue weighted by Crippen LogP contribution is 2.63. The summed E-state index contributed by atoms with van der Waals surface area (Å²) in [5.41, 5.74) is 11.1. The number of fused-ring (bicyclic) bond motifs is 3. The number of methoxy groups -OCH3 is 1. The van der Waals surface area contributed by atoms with Crippen LogP contribution in [0.2, 0.25) is 0 Å². The maximum absolute atomic E-state index is 13.6. The Balaban J connectivity index is 0.865. The number of nitrogens with two attached hydrogens (primary N) is 2. The van der Waals surface area contributed by atoms with Crippen LogP contribution in [0.25, 0.3) is 33.5 Å². The summed E-state index contributed by atoms with van der Waals surface area (Å²) in [7, 11) is -20.7. The number of hydrogen-bond donors (Lipinski definition) is 8. The molecule has 6 aromatic heterocycles. The molecule has 16 atom stereocenters. The molecule has 10 N–H and O–H groups in total. The average molecular weight is 1140 g/mol. The first-order chi connectivity index (χ1) is 35.3. The van der Waals surface area contributed by atoms with Gasteiger partial charge in [-0.25, -0.2) is 43.1 Å². The molecule has 0 radical (unpaired) electrons. The summed E-state index contributed by atoms with van der Waals surface area (Å²) in [6, 6.07) is 0. The van der Waals surface area contributed by atoms with Gasteiger partial charge in [0.15, 0.2) is 41.7 Å². The molecule has 6 aromatic rings. The Morgan fingerprint density at radius 3 is 1.95 bits per heavy atom. The number of nitrogen functional groups attached to an aromatic ring is 2. The molecule has 3 aliphatic heterocycles. The fourth-order valence-electron chi connectivity index (χ4n) is 8.35. The molecule has 42 heteroatoms. The molecule has 0 amide bonds. The van der Waals surface area contributed by atoms with Crippen LogP contribution in [-0.2, 0) is 71.0 Å². The normalized spacial score (nSPS) is 30.4. The van der Waals surface area contributed by atoms with Crippen molar-refractivity contribution in [2.75, 3.05) is 50.8 Å². The van der Waals surface area contributed by atoms with E-state index < -0.39 is 130 Å². The number of aromatic nitrogens is 12. The van der Waals surface area contributed by atoms with Gasteiger partial charge in [0.1, 0.15) is 78.6 Å². The van der Waals surface area contributed by atoms with E-state index in [-0.39, 0.29) is 51.1 Å². The molecule has 3 fully saturated rings. The molecular weight excluding hydrogens is 1100 g/mol. The molecule has 0 aromatic carbocycles. The predicted molar refractivity (Wildman–Crippen MR) is 232 cm³/mol. The van der Waals surface area contributed by atoms with Crippen molar-refractivity contribution >= 4 is 82.4 Å². The number of hydrogen-bond acceptors (Lipinski definition) is 33. The second-order valence-corrected chi connectivity index (χ2v) is 22.3. The van der Waals surface area contributed by atoms with Gasteiger partial charge in [0, 0.05) is 14.2 Å². The molecular formula is C33H42N15O23P4-3. The predicted octanol–water partition coefficient (Wildman–Crippen LogP) is -6.07. The van der Waals surface area contributed by atoms with Gasteiger partial charge in [-0.2, -0.15) is 0 Å². The number of rotatable bonds is 20. The summed E-state index contributed by atoms with van der Waals surface area (Å²) in [6.45, 7) is -3.62. The molecule has 0 bridgehead atoms. The van der Waals surface area contributed by atoms with Crippen molar-refractivity contribution in [3.8, 4) is 0 Å². The molecule has 0 aliphatic carbocycles. The number of phosphoric acid groups is 4. The van der Waals surface area contributed by atoms with Crippen LogP contribution < -0.4 is 46.5 Å². The van der Waals surface area contributed by atoms with Crippen LogP contribution in [0.4, 0.5) is 17.6 Å². The summed E-state index contributed by atoms with van der Waals surface area (Å²) in [5.74, 6) is -0.103. The van der Waals surface area contributed by atoms with Crippen molar-refractivity contribution in [1.29, 1.82) is 0 Å². The van der Waals surface area contributed by atoms with E-state index in [1.165, 1.54) is 46.8 Å². The third-order valence-electron chi connectivity index (χ3n) is 11.7. The Morgan fingerprint density at radius 2 is 1.29 bits per heavy atom. The molecule has 0 saturated carbocycles. The SMILES string of the molecule is CNc1ncnc2c1ncn2[C@@H]1O[C@H](COP(=O)([O-])OP(=O)([O-])OP(=O)([O-])OC[C@H]2O[C@@H]([n+]3cn(C)c4c(=O)[nH]c(N)nc43)C(O)[C@H]2O)[C@H](OP(=O)([O-])OC[C@H]2O[C@@H](n3cnc4c(N)ncnc43)C(O)[C@H]2O)C1OC. The molecule has 38 nitrogen and oxygen atoms in total. The Labute approximate surface area is 417 Å². The molecule has 0 spiro atoms. The fourth-order valence-corrected chi connectivity index (χ4v) is 12.7. The third kappa shape index (κ3) is 11.0. The largest absolute Gasteiger partial charge is 0.756 e. The molecule has 9 heterocycles. The summed E-state index contributed by atoms with van der Waals surface area (Å²) in [4.78, 5) is 95.2. The minimum atomic E-state index is -6.57. The topological polar surface area (TPSA) is 540 Å².